The highest BCUT2D eigenvalue weighted by Crippen LogP contribution is 2.30. The second-order valence-corrected chi connectivity index (χ2v) is 9.70. The highest BCUT2D eigenvalue weighted by Gasteiger charge is 2.32. The van der Waals surface area contributed by atoms with Crippen LogP contribution in [0.1, 0.15) is 50.4 Å². The van der Waals surface area contributed by atoms with Crippen LogP contribution in [0.3, 0.4) is 0 Å². The number of ether oxygens (including phenoxy) is 1. The van der Waals surface area contributed by atoms with Crippen molar-refractivity contribution in [3.8, 4) is 5.75 Å². The van der Waals surface area contributed by atoms with Crippen molar-refractivity contribution in [2.24, 2.45) is 11.7 Å². The lowest BCUT2D eigenvalue weighted by atomic mass is 9.90. The fraction of sp³-hybridized carbons (Fsp3) is 0.632. The summed E-state index contributed by atoms with van der Waals surface area (Å²) in [7, 11) is -2.28. The summed E-state index contributed by atoms with van der Waals surface area (Å²) in [5.74, 6) is 0.257. The first-order valence-electron chi connectivity index (χ1n) is 9.34. The second-order valence-electron chi connectivity index (χ2n) is 7.79. The Bertz CT molecular complexity index is 773. The number of carbonyl (C=O) groups excluding carboxylic acids is 1. The van der Waals surface area contributed by atoms with Gasteiger partial charge in [0.2, 0.25) is 10.0 Å². The number of benzene rings is 1. The second kappa shape index (κ2) is 8.58. The lowest BCUT2D eigenvalue weighted by Crippen LogP contribution is -2.52. The number of carbonyl (C=O) groups is 1. The number of nitrogens with one attached hydrogen (secondary N) is 1. The van der Waals surface area contributed by atoms with Crippen LogP contribution in [0.15, 0.2) is 23.1 Å². The molecule has 0 bridgehead atoms. The van der Waals surface area contributed by atoms with Gasteiger partial charge in [0, 0.05) is 30.7 Å². The van der Waals surface area contributed by atoms with E-state index in [4.69, 9.17) is 10.5 Å². The average Bonchev–Trinajstić information content (AvgIpc) is 3.15. The van der Waals surface area contributed by atoms with Crippen molar-refractivity contribution in [3.63, 3.8) is 0 Å². The maximum absolute atomic E-state index is 13.0. The SMILES string of the molecule is COc1ccc(C(=O)NC(C)(CN)CC(C)C)cc1S(=O)(=O)N1CCCC1. The average molecular weight is 398 g/mol. The Labute approximate surface area is 162 Å². The van der Waals surface area contributed by atoms with E-state index in [0.717, 1.165) is 19.3 Å². The summed E-state index contributed by atoms with van der Waals surface area (Å²) in [5, 5.41) is 2.96. The van der Waals surface area contributed by atoms with Gasteiger partial charge in [0.15, 0.2) is 0 Å². The highest BCUT2D eigenvalue weighted by atomic mass is 32.2. The van der Waals surface area contributed by atoms with Gasteiger partial charge in [-0.15, -0.1) is 0 Å². The number of nitrogens with zero attached hydrogens (tertiary/aromatic N) is 1. The number of hydrogen-bond donors (Lipinski definition) is 2. The quantitative estimate of drug-likeness (QED) is 0.698. The predicted molar refractivity (Wildman–Crippen MR) is 105 cm³/mol. The van der Waals surface area contributed by atoms with Gasteiger partial charge in [0.05, 0.1) is 7.11 Å². The van der Waals surface area contributed by atoms with Crippen LogP contribution in [0.2, 0.25) is 0 Å². The minimum atomic E-state index is -3.70. The molecule has 1 fully saturated rings. The van der Waals surface area contributed by atoms with Crippen LogP contribution in [0.4, 0.5) is 0 Å². The normalized spacial score (nSPS) is 17.7. The summed E-state index contributed by atoms with van der Waals surface area (Å²) in [4.78, 5) is 12.8. The minimum absolute atomic E-state index is 0.0258. The molecule has 2 rings (SSSR count). The molecule has 27 heavy (non-hydrogen) atoms. The lowest BCUT2D eigenvalue weighted by molar-refractivity contribution is 0.0898. The third-order valence-electron chi connectivity index (χ3n) is 4.83. The van der Waals surface area contributed by atoms with Gasteiger partial charge in [-0.05, 0) is 50.3 Å². The summed E-state index contributed by atoms with van der Waals surface area (Å²) in [6.45, 7) is 7.30. The first-order chi connectivity index (χ1) is 12.6. The van der Waals surface area contributed by atoms with Crippen LogP contribution in [0, 0.1) is 5.92 Å². The van der Waals surface area contributed by atoms with E-state index in [-0.39, 0.29) is 22.1 Å². The van der Waals surface area contributed by atoms with Crippen LogP contribution >= 0.6 is 0 Å². The zero-order valence-corrected chi connectivity index (χ0v) is 17.4. The number of nitrogens with two attached hydrogens (primary N) is 1. The van der Waals surface area contributed by atoms with Gasteiger partial charge in [-0.1, -0.05) is 13.8 Å². The van der Waals surface area contributed by atoms with Crippen molar-refractivity contribution in [1.29, 1.82) is 0 Å². The Kier molecular flexibility index (Phi) is 6.88. The molecule has 0 radical (unpaired) electrons. The van der Waals surface area contributed by atoms with Crippen molar-refractivity contribution in [2.45, 2.75) is 50.5 Å². The topological polar surface area (TPSA) is 102 Å². The number of rotatable bonds is 8. The first-order valence-corrected chi connectivity index (χ1v) is 10.8. The zero-order valence-electron chi connectivity index (χ0n) is 16.6. The zero-order chi connectivity index (χ0) is 20.2. The number of methoxy groups -OCH3 is 1. The number of amides is 1. The monoisotopic (exact) mass is 397 g/mol. The molecule has 1 amide bonds. The van der Waals surface area contributed by atoms with E-state index in [9.17, 15) is 13.2 Å². The Balaban J connectivity index is 2.35. The number of sulfonamides is 1. The van der Waals surface area contributed by atoms with Gasteiger partial charge in [0.25, 0.3) is 5.91 Å². The van der Waals surface area contributed by atoms with Crippen LogP contribution in [0.25, 0.3) is 0 Å². The van der Waals surface area contributed by atoms with Crippen molar-refractivity contribution in [2.75, 3.05) is 26.7 Å². The molecule has 1 heterocycles. The van der Waals surface area contributed by atoms with Crippen LogP contribution in [-0.2, 0) is 10.0 Å². The van der Waals surface area contributed by atoms with E-state index in [1.165, 1.54) is 23.5 Å². The Morgan fingerprint density at radius 3 is 2.48 bits per heavy atom. The third-order valence-corrected chi connectivity index (χ3v) is 6.75. The summed E-state index contributed by atoms with van der Waals surface area (Å²) < 4.78 is 32.6. The van der Waals surface area contributed by atoms with E-state index >= 15 is 0 Å². The van der Waals surface area contributed by atoms with E-state index < -0.39 is 15.6 Å². The van der Waals surface area contributed by atoms with Gasteiger partial charge in [-0.25, -0.2) is 8.42 Å². The van der Waals surface area contributed by atoms with E-state index in [0.29, 0.717) is 25.6 Å². The molecular formula is C19H31N3O4S. The molecular weight excluding hydrogens is 366 g/mol. The molecule has 1 atom stereocenters. The Hall–Kier alpha value is -1.64. The van der Waals surface area contributed by atoms with Crippen molar-refractivity contribution >= 4 is 15.9 Å². The number of hydrogen-bond acceptors (Lipinski definition) is 5. The molecule has 1 aromatic rings. The third kappa shape index (κ3) is 5.00. The fourth-order valence-corrected chi connectivity index (χ4v) is 5.22. The van der Waals surface area contributed by atoms with Crippen molar-refractivity contribution in [1.82, 2.24) is 9.62 Å². The molecule has 0 saturated carbocycles. The summed E-state index contributed by atoms with van der Waals surface area (Å²) >= 11 is 0. The molecule has 3 N–H and O–H groups in total. The Morgan fingerprint density at radius 1 is 1.33 bits per heavy atom. The van der Waals surface area contributed by atoms with E-state index in [1.54, 1.807) is 6.07 Å². The fourth-order valence-electron chi connectivity index (χ4n) is 3.52. The maximum atomic E-state index is 13.0. The van der Waals surface area contributed by atoms with Crippen LogP contribution in [-0.4, -0.2) is 50.9 Å². The molecule has 1 aromatic carbocycles. The largest absolute Gasteiger partial charge is 0.495 e. The molecule has 0 spiro atoms. The predicted octanol–water partition coefficient (Wildman–Crippen LogP) is 1.97. The van der Waals surface area contributed by atoms with Gasteiger partial charge >= 0.3 is 0 Å². The smallest absolute Gasteiger partial charge is 0.251 e. The van der Waals surface area contributed by atoms with E-state index in [1.807, 2.05) is 6.92 Å². The molecule has 8 heteroatoms. The van der Waals surface area contributed by atoms with Gasteiger partial charge in [-0.2, -0.15) is 4.31 Å². The van der Waals surface area contributed by atoms with Gasteiger partial charge in [-0.3, -0.25) is 4.79 Å². The van der Waals surface area contributed by atoms with Crippen LogP contribution in [0.5, 0.6) is 5.75 Å². The minimum Gasteiger partial charge on any atom is -0.495 e. The van der Waals surface area contributed by atoms with Crippen molar-refractivity contribution < 1.29 is 17.9 Å². The molecule has 1 aliphatic heterocycles. The summed E-state index contributed by atoms with van der Waals surface area (Å²) in [6, 6.07) is 4.50. The summed E-state index contributed by atoms with van der Waals surface area (Å²) in [5.41, 5.74) is 5.59. The van der Waals surface area contributed by atoms with Crippen molar-refractivity contribution in [3.05, 3.63) is 23.8 Å². The molecule has 1 saturated heterocycles. The molecule has 0 aliphatic carbocycles. The maximum Gasteiger partial charge on any atom is 0.251 e. The molecule has 1 unspecified atom stereocenters. The molecule has 0 aromatic heterocycles. The lowest BCUT2D eigenvalue weighted by Gasteiger charge is -2.31. The highest BCUT2D eigenvalue weighted by molar-refractivity contribution is 7.89. The van der Waals surface area contributed by atoms with Crippen LogP contribution < -0.4 is 15.8 Å². The molecule has 1 aliphatic rings. The standard InChI is InChI=1S/C19H31N3O4S/c1-14(2)12-19(3,13-20)21-18(23)15-7-8-16(26-4)17(11-15)27(24,25)22-9-5-6-10-22/h7-8,11,14H,5-6,9-10,12-13,20H2,1-4H3,(H,21,23). The van der Waals surface area contributed by atoms with Gasteiger partial charge < -0.3 is 15.8 Å². The van der Waals surface area contributed by atoms with E-state index in [2.05, 4.69) is 19.2 Å². The summed E-state index contributed by atoms with van der Waals surface area (Å²) in [6.07, 6.45) is 2.40. The molecule has 7 nitrogen and oxygen atoms in total. The Morgan fingerprint density at radius 2 is 1.96 bits per heavy atom. The molecule has 152 valence electrons. The first kappa shape index (κ1) is 21.7. The van der Waals surface area contributed by atoms with Gasteiger partial charge in [0.1, 0.15) is 10.6 Å².